The monoisotopic (exact) mass is 375 g/mol. The number of amides is 1. The number of primary amides is 1. The Labute approximate surface area is 163 Å². The number of methoxy groups -OCH3 is 1. The number of esters is 1. The first kappa shape index (κ1) is 19.2. The van der Waals surface area contributed by atoms with Crippen molar-refractivity contribution in [3.63, 3.8) is 0 Å². The number of nitrogens with two attached hydrogens (primary N) is 1. The molecule has 0 saturated heterocycles. The third-order valence-electron chi connectivity index (χ3n) is 4.45. The van der Waals surface area contributed by atoms with Crippen molar-refractivity contribution >= 4 is 11.9 Å². The molecule has 0 unspecified atom stereocenters. The molecule has 3 rings (SSSR count). The van der Waals surface area contributed by atoms with Crippen LogP contribution in [-0.4, -0.2) is 19.0 Å². The first-order valence-corrected chi connectivity index (χ1v) is 8.87. The van der Waals surface area contributed by atoms with Crippen molar-refractivity contribution in [2.24, 2.45) is 5.73 Å². The summed E-state index contributed by atoms with van der Waals surface area (Å²) < 4.78 is 10.7. The highest BCUT2D eigenvalue weighted by Crippen LogP contribution is 2.30. The lowest BCUT2D eigenvalue weighted by atomic mass is 9.88. The highest BCUT2D eigenvalue weighted by molar-refractivity contribution is 5.96. The van der Waals surface area contributed by atoms with E-state index >= 15 is 0 Å². The molecule has 3 aromatic rings. The lowest BCUT2D eigenvalue weighted by molar-refractivity contribution is -0.134. The molecule has 0 heterocycles. The predicted molar refractivity (Wildman–Crippen MR) is 106 cm³/mol. The van der Waals surface area contributed by atoms with Crippen molar-refractivity contribution in [1.29, 1.82) is 0 Å². The summed E-state index contributed by atoms with van der Waals surface area (Å²) in [6.07, 6.45) is 0.115. The highest BCUT2D eigenvalue weighted by atomic mass is 16.5. The van der Waals surface area contributed by atoms with Gasteiger partial charge in [-0.05, 0) is 23.3 Å². The zero-order valence-electron chi connectivity index (χ0n) is 15.5. The van der Waals surface area contributed by atoms with Gasteiger partial charge in [0.15, 0.2) is 0 Å². The molecule has 0 atom stereocenters. The second-order valence-electron chi connectivity index (χ2n) is 6.28. The molecule has 0 fully saturated rings. The summed E-state index contributed by atoms with van der Waals surface area (Å²) in [4.78, 5) is 24.4. The van der Waals surface area contributed by atoms with Crippen LogP contribution >= 0.6 is 0 Å². The standard InChI is InChI=1S/C23H21NO4/c1-27-18-12-13-19(23(24)26)21(14-18)28-22(25)15-20(16-8-4-2-5-9-16)17-10-6-3-7-11-17/h2-14,20H,15H2,1H3,(H2,24,26). The maximum Gasteiger partial charge on any atom is 0.312 e. The molecule has 0 radical (unpaired) electrons. The molecule has 0 aliphatic heterocycles. The van der Waals surface area contributed by atoms with E-state index in [9.17, 15) is 9.59 Å². The number of benzene rings is 3. The maximum atomic E-state index is 12.7. The minimum absolute atomic E-state index is 0.0942. The Morgan fingerprint density at radius 2 is 1.46 bits per heavy atom. The van der Waals surface area contributed by atoms with E-state index in [2.05, 4.69) is 0 Å². The van der Waals surface area contributed by atoms with E-state index < -0.39 is 11.9 Å². The number of hydrogen-bond donors (Lipinski definition) is 1. The van der Waals surface area contributed by atoms with Crippen LogP contribution in [-0.2, 0) is 4.79 Å². The SMILES string of the molecule is COc1ccc(C(N)=O)c(OC(=O)CC(c2ccccc2)c2ccccc2)c1. The smallest absolute Gasteiger partial charge is 0.312 e. The summed E-state index contributed by atoms with van der Waals surface area (Å²) >= 11 is 0. The molecule has 28 heavy (non-hydrogen) atoms. The van der Waals surface area contributed by atoms with Crippen LogP contribution in [0.2, 0.25) is 0 Å². The summed E-state index contributed by atoms with van der Waals surface area (Å²) in [7, 11) is 1.49. The second kappa shape index (κ2) is 8.86. The number of carbonyl (C=O) groups excluding carboxylic acids is 2. The van der Waals surface area contributed by atoms with Gasteiger partial charge in [0.2, 0.25) is 0 Å². The van der Waals surface area contributed by atoms with Crippen molar-refractivity contribution in [1.82, 2.24) is 0 Å². The molecule has 0 aliphatic carbocycles. The highest BCUT2D eigenvalue weighted by Gasteiger charge is 2.21. The van der Waals surface area contributed by atoms with E-state index in [1.54, 1.807) is 6.07 Å². The molecular formula is C23H21NO4. The molecule has 142 valence electrons. The quantitative estimate of drug-likeness (QED) is 0.501. The van der Waals surface area contributed by atoms with Gasteiger partial charge in [0, 0.05) is 12.0 Å². The van der Waals surface area contributed by atoms with E-state index in [-0.39, 0.29) is 23.7 Å². The Morgan fingerprint density at radius 1 is 0.893 bits per heavy atom. The van der Waals surface area contributed by atoms with Crippen LogP contribution in [0.1, 0.15) is 33.8 Å². The molecule has 0 aliphatic rings. The molecule has 2 N–H and O–H groups in total. The fourth-order valence-electron chi connectivity index (χ4n) is 3.05. The number of carbonyl (C=O) groups is 2. The van der Waals surface area contributed by atoms with Crippen LogP contribution in [0, 0.1) is 0 Å². The average molecular weight is 375 g/mol. The van der Waals surface area contributed by atoms with Crippen LogP contribution in [0.4, 0.5) is 0 Å². The third-order valence-corrected chi connectivity index (χ3v) is 4.45. The first-order valence-electron chi connectivity index (χ1n) is 8.87. The van der Waals surface area contributed by atoms with Gasteiger partial charge in [0.05, 0.1) is 19.1 Å². The summed E-state index contributed by atoms with van der Waals surface area (Å²) in [5.41, 5.74) is 7.54. The van der Waals surface area contributed by atoms with Crippen molar-refractivity contribution < 1.29 is 19.1 Å². The second-order valence-corrected chi connectivity index (χ2v) is 6.28. The minimum atomic E-state index is -0.673. The van der Waals surface area contributed by atoms with Crippen LogP contribution in [0.15, 0.2) is 78.9 Å². The molecule has 3 aromatic carbocycles. The molecule has 1 amide bonds. The zero-order chi connectivity index (χ0) is 19.9. The van der Waals surface area contributed by atoms with Crippen LogP contribution < -0.4 is 15.2 Å². The number of rotatable bonds is 7. The van der Waals surface area contributed by atoms with Gasteiger partial charge in [0.25, 0.3) is 5.91 Å². The van der Waals surface area contributed by atoms with Gasteiger partial charge in [-0.25, -0.2) is 0 Å². The van der Waals surface area contributed by atoms with Gasteiger partial charge in [-0.2, -0.15) is 0 Å². The predicted octanol–water partition coefficient (Wildman–Crippen LogP) is 3.92. The Morgan fingerprint density at radius 3 is 1.96 bits per heavy atom. The van der Waals surface area contributed by atoms with Crippen LogP contribution in [0.25, 0.3) is 0 Å². The molecule has 0 aromatic heterocycles. The Hall–Kier alpha value is -3.60. The molecule has 5 nitrogen and oxygen atoms in total. The number of hydrogen-bond acceptors (Lipinski definition) is 4. The topological polar surface area (TPSA) is 78.6 Å². The van der Waals surface area contributed by atoms with Crippen molar-refractivity contribution in [3.05, 3.63) is 95.6 Å². The zero-order valence-corrected chi connectivity index (χ0v) is 15.5. The van der Waals surface area contributed by atoms with E-state index in [0.29, 0.717) is 5.75 Å². The van der Waals surface area contributed by atoms with E-state index in [0.717, 1.165) is 11.1 Å². The average Bonchev–Trinajstić information content (AvgIpc) is 2.73. The summed E-state index contributed by atoms with van der Waals surface area (Å²) in [6.45, 7) is 0. The molecular weight excluding hydrogens is 354 g/mol. The summed E-state index contributed by atoms with van der Waals surface area (Å²) in [5.74, 6) is -0.744. The Bertz CT molecular complexity index is 915. The van der Waals surface area contributed by atoms with Gasteiger partial charge in [-0.3, -0.25) is 9.59 Å². The lowest BCUT2D eigenvalue weighted by Gasteiger charge is -2.18. The number of ether oxygens (including phenoxy) is 2. The normalized spacial score (nSPS) is 10.5. The first-order chi connectivity index (χ1) is 13.6. The maximum absolute atomic E-state index is 12.7. The van der Waals surface area contributed by atoms with Gasteiger partial charge in [-0.1, -0.05) is 60.7 Å². The van der Waals surface area contributed by atoms with Crippen LogP contribution in [0.5, 0.6) is 11.5 Å². The van der Waals surface area contributed by atoms with Gasteiger partial charge < -0.3 is 15.2 Å². The fraction of sp³-hybridized carbons (Fsp3) is 0.130. The van der Waals surface area contributed by atoms with Gasteiger partial charge >= 0.3 is 5.97 Å². The molecule has 0 bridgehead atoms. The van der Waals surface area contributed by atoms with Crippen molar-refractivity contribution in [2.45, 2.75) is 12.3 Å². The molecule has 5 heteroatoms. The minimum Gasteiger partial charge on any atom is -0.497 e. The van der Waals surface area contributed by atoms with E-state index in [1.807, 2.05) is 60.7 Å². The summed E-state index contributed by atoms with van der Waals surface area (Å²) in [5, 5.41) is 0. The van der Waals surface area contributed by atoms with Gasteiger partial charge in [-0.15, -0.1) is 0 Å². The van der Waals surface area contributed by atoms with Gasteiger partial charge in [0.1, 0.15) is 11.5 Å². The largest absolute Gasteiger partial charge is 0.497 e. The molecule has 0 spiro atoms. The van der Waals surface area contributed by atoms with E-state index in [4.69, 9.17) is 15.2 Å². The fourth-order valence-corrected chi connectivity index (χ4v) is 3.05. The van der Waals surface area contributed by atoms with E-state index in [1.165, 1.54) is 19.2 Å². The van der Waals surface area contributed by atoms with Crippen LogP contribution in [0.3, 0.4) is 0 Å². The molecule has 0 saturated carbocycles. The van der Waals surface area contributed by atoms with Crippen molar-refractivity contribution in [3.8, 4) is 11.5 Å². The third kappa shape index (κ3) is 4.57. The summed E-state index contributed by atoms with van der Waals surface area (Å²) in [6, 6.07) is 24.1. The van der Waals surface area contributed by atoms with Crippen molar-refractivity contribution in [2.75, 3.05) is 7.11 Å². The Balaban J connectivity index is 1.87. The lowest BCUT2D eigenvalue weighted by Crippen LogP contribution is -2.18. The Kier molecular flexibility index (Phi) is 6.07.